The van der Waals surface area contributed by atoms with Gasteiger partial charge in [0.1, 0.15) is 5.75 Å². The van der Waals surface area contributed by atoms with Gasteiger partial charge < -0.3 is 19.7 Å². The van der Waals surface area contributed by atoms with Gasteiger partial charge in [0.05, 0.1) is 5.39 Å². The number of carboxylic acid groups (broad SMARTS) is 1. The Morgan fingerprint density at radius 3 is 2.61 bits per heavy atom. The maximum Gasteiger partial charge on any atom is 0.372 e. The van der Waals surface area contributed by atoms with E-state index in [0.29, 0.717) is 17.5 Å². The molecule has 0 radical (unpaired) electrons. The molecule has 0 saturated heterocycles. The number of carboxylic acids is 1. The topological polar surface area (TPSA) is 90.9 Å². The van der Waals surface area contributed by atoms with Crippen LogP contribution < -0.4 is 0 Å². The summed E-state index contributed by atoms with van der Waals surface area (Å²) < 4.78 is 5.10. The van der Waals surface area contributed by atoms with Crippen LogP contribution in [0.3, 0.4) is 0 Å². The quantitative estimate of drug-likeness (QED) is 0.728. The first-order valence-electron chi connectivity index (χ1n) is 5.67. The fourth-order valence-electron chi connectivity index (χ4n) is 2.10. The van der Waals surface area contributed by atoms with Crippen LogP contribution in [0, 0.1) is 6.92 Å². The Hall–Kier alpha value is -2.17. The van der Waals surface area contributed by atoms with E-state index in [1.807, 2.05) is 6.92 Å². The molecule has 2 rings (SSSR count). The fraction of sp³-hybridized carbons (Fsp3) is 0.308. The van der Waals surface area contributed by atoms with Crippen molar-refractivity contribution in [1.82, 2.24) is 0 Å². The van der Waals surface area contributed by atoms with Crippen molar-refractivity contribution in [2.75, 3.05) is 0 Å². The average Bonchev–Trinajstić information content (AvgIpc) is 2.65. The molecule has 0 atom stereocenters. The van der Waals surface area contributed by atoms with E-state index < -0.39 is 5.97 Å². The van der Waals surface area contributed by atoms with Gasteiger partial charge in [0, 0.05) is 5.56 Å². The number of aromatic carboxylic acids is 1. The van der Waals surface area contributed by atoms with Crippen molar-refractivity contribution in [3.05, 3.63) is 23.0 Å². The number of aromatic hydroxyl groups is 2. The predicted molar refractivity (Wildman–Crippen MR) is 65.2 cm³/mol. The molecule has 96 valence electrons. The Morgan fingerprint density at radius 2 is 2.06 bits per heavy atom. The highest BCUT2D eigenvalue weighted by Crippen LogP contribution is 2.40. The number of rotatable bonds is 3. The molecule has 0 aliphatic heterocycles. The van der Waals surface area contributed by atoms with Gasteiger partial charge in [0.2, 0.25) is 5.76 Å². The third kappa shape index (κ3) is 1.68. The Kier molecular flexibility index (Phi) is 2.90. The second-order valence-corrected chi connectivity index (χ2v) is 4.22. The van der Waals surface area contributed by atoms with Crippen LogP contribution >= 0.6 is 0 Å². The van der Waals surface area contributed by atoms with Crippen LogP contribution in [-0.4, -0.2) is 21.3 Å². The van der Waals surface area contributed by atoms with E-state index in [-0.39, 0.29) is 28.2 Å². The van der Waals surface area contributed by atoms with Crippen LogP contribution in [0.25, 0.3) is 11.0 Å². The number of carbonyl (C=O) groups is 1. The summed E-state index contributed by atoms with van der Waals surface area (Å²) in [6, 6.07) is 1.41. The summed E-state index contributed by atoms with van der Waals surface area (Å²) in [4.78, 5) is 11.0. The van der Waals surface area contributed by atoms with Gasteiger partial charge in [-0.3, -0.25) is 0 Å². The van der Waals surface area contributed by atoms with Crippen molar-refractivity contribution >= 4 is 16.9 Å². The molecule has 1 heterocycles. The minimum Gasteiger partial charge on any atom is -0.507 e. The van der Waals surface area contributed by atoms with Crippen LogP contribution in [0.4, 0.5) is 0 Å². The Bertz CT molecular complexity index is 624. The van der Waals surface area contributed by atoms with Gasteiger partial charge in [-0.05, 0) is 25.0 Å². The minimum absolute atomic E-state index is 0.0154. The lowest BCUT2D eigenvalue weighted by atomic mass is 10.0. The zero-order valence-electron chi connectivity index (χ0n) is 10.1. The normalized spacial score (nSPS) is 11.0. The van der Waals surface area contributed by atoms with Gasteiger partial charge in [-0.15, -0.1) is 0 Å². The first-order valence-corrected chi connectivity index (χ1v) is 5.67. The number of phenols is 2. The van der Waals surface area contributed by atoms with Crippen molar-refractivity contribution in [2.24, 2.45) is 0 Å². The molecule has 18 heavy (non-hydrogen) atoms. The third-order valence-corrected chi connectivity index (χ3v) is 2.94. The summed E-state index contributed by atoms with van der Waals surface area (Å²) in [5.74, 6) is -1.65. The molecule has 0 unspecified atom stereocenters. The maximum absolute atomic E-state index is 11.0. The van der Waals surface area contributed by atoms with Gasteiger partial charge >= 0.3 is 5.97 Å². The van der Waals surface area contributed by atoms with E-state index in [0.717, 1.165) is 6.42 Å². The van der Waals surface area contributed by atoms with E-state index >= 15 is 0 Å². The number of benzene rings is 1. The van der Waals surface area contributed by atoms with Crippen molar-refractivity contribution in [3.63, 3.8) is 0 Å². The van der Waals surface area contributed by atoms with Gasteiger partial charge in [0.15, 0.2) is 11.3 Å². The maximum atomic E-state index is 11.0. The van der Waals surface area contributed by atoms with Gasteiger partial charge in [0.25, 0.3) is 0 Å². The van der Waals surface area contributed by atoms with E-state index in [2.05, 4.69) is 0 Å². The molecule has 2 aromatic rings. The van der Waals surface area contributed by atoms with E-state index in [4.69, 9.17) is 9.52 Å². The van der Waals surface area contributed by atoms with Crippen LogP contribution in [0.2, 0.25) is 0 Å². The summed E-state index contributed by atoms with van der Waals surface area (Å²) in [6.45, 7) is 3.50. The molecule has 0 saturated carbocycles. The number of aryl methyl sites for hydroxylation is 2. The average molecular weight is 250 g/mol. The smallest absolute Gasteiger partial charge is 0.372 e. The molecule has 0 fully saturated rings. The first-order chi connectivity index (χ1) is 8.47. The Balaban J connectivity index is 2.82. The van der Waals surface area contributed by atoms with Crippen molar-refractivity contribution < 1.29 is 24.5 Å². The SMILES string of the molecule is CCCc1cc(O)c2oc(C(=O)O)c(C)c2c1O. The molecular formula is C13H14O5. The van der Waals surface area contributed by atoms with Crippen LogP contribution in [0.5, 0.6) is 11.5 Å². The van der Waals surface area contributed by atoms with E-state index in [1.165, 1.54) is 6.07 Å². The lowest BCUT2D eigenvalue weighted by molar-refractivity contribution is 0.0664. The summed E-state index contributed by atoms with van der Waals surface area (Å²) in [7, 11) is 0. The van der Waals surface area contributed by atoms with E-state index in [1.54, 1.807) is 6.92 Å². The zero-order valence-corrected chi connectivity index (χ0v) is 10.1. The fourth-order valence-corrected chi connectivity index (χ4v) is 2.10. The molecule has 0 aliphatic carbocycles. The highest BCUT2D eigenvalue weighted by atomic mass is 16.4. The second-order valence-electron chi connectivity index (χ2n) is 4.22. The second kappa shape index (κ2) is 4.25. The standard InChI is InChI=1S/C13H14O5/c1-3-4-7-5-8(14)12-9(10(7)15)6(2)11(18-12)13(16)17/h5,14-15H,3-4H2,1-2H3,(H,16,17). The number of fused-ring (bicyclic) bond motifs is 1. The van der Waals surface area contributed by atoms with Crippen LogP contribution in [0.15, 0.2) is 10.5 Å². The number of phenolic OH excluding ortho intramolecular Hbond substituents is 2. The molecule has 0 amide bonds. The lowest BCUT2D eigenvalue weighted by Crippen LogP contribution is -1.95. The molecular weight excluding hydrogens is 236 g/mol. The molecule has 1 aromatic heterocycles. The van der Waals surface area contributed by atoms with Gasteiger partial charge in [-0.2, -0.15) is 0 Å². The summed E-state index contributed by atoms with van der Waals surface area (Å²) in [5, 5.41) is 29.2. The summed E-state index contributed by atoms with van der Waals surface area (Å²) in [6.07, 6.45) is 1.41. The molecule has 5 heteroatoms. The largest absolute Gasteiger partial charge is 0.507 e. The van der Waals surface area contributed by atoms with Crippen molar-refractivity contribution in [2.45, 2.75) is 26.7 Å². The number of hydrogen-bond donors (Lipinski definition) is 3. The summed E-state index contributed by atoms with van der Waals surface area (Å²) >= 11 is 0. The minimum atomic E-state index is -1.22. The molecule has 0 spiro atoms. The van der Waals surface area contributed by atoms with Gasteiger partial charge in [-0.1, -0.05) is 13.3 Å². The Labute approximate surface area is 103 Å². The lowest BCUT2D eigenvalue weighted by Gasteiger charge is -2.05. The monoisotopic (exact) mass is 250 g/mol. The molecule has 1 aromatic carbocycles. The van der Waals surface area contributed by atoms with Crippen molar-refractivity contribution in [3.8, 4) is 11.5 Å². The highest BCUT2D eigenvalue weighted by Gasteiger charge is 2.23. The first kappa shape index (κ1) is 12.3. The molecule has 0 bridgehead atoms. The number of furan rings is 1. The van der Waals surface area contributed by atoms with Crippen molar-refractivity contribution in [1.29, 1.82) is 0 Å². The third-order valence-electron chi connectivity index (χ3n) is 2.94. The zero-order chi connectivity index (χ0) is 13.4. The summed E-state index contributed by atoms with van der Waals surface area (Å²) in [5.41, 5.74) is 0.925. The Morgan fingerprint density at radius 1 is 1.39 bits per heavy atom. The molecule has 0 aliphatic rings. The predicted octanol–water partition coefficient (Wildman–Crippen LogP) is 2.80. The van der Waals surface area contributed by atoms with Gasteiger partial charge in [-0.25, -0.2) is 4.79 Å². The highest BCUT2D eigenvalue weighted by molar-refractivity contribution is 6.00. The molecule has 5 nitrogen and oxygen atoms in total. The van der Waals surface area contributed by atoms with Crippen LogP contribution in [0.1, 0.15) is 35.0 Å². The number of hydrogen-bond acceptors (Lipinski definition) is 4. The van der Waals surface area contributed by atoms with Crippen LogP contribution in [-0.2, 0) is 6.42 Å². The molecule has 3 N–H and O–H groups in total. The van der Waals surface area contributed by atoms with E-state index in [9.17, 15) is 15.0 Å².